The molecule has 0 aromatic heterocycles. The van der Waals surface area contributed by atoms with Crippen molar-refractivity contribution in [2.24, 2.45) is 5.41 Å². The lowest BCUT2D eigenvalue weighted by atomic mass is 9.86. The van der Waals surface area contributed by atoms with Crippen LogP contribution in [-0.4, -0.2) is 60.4 Å². The van der Waals surface area contributed by atoms with E-state index in [1.807, 2.05) is 0 Å². The number of amides is 4. The van der Waals surface area contributed by atoms with Crippen LogP contribution in [-0.2, 0) is 9.59 Å². The van der Waals surface area contributed by atoms with Crippen LogP contribution < -0.4 is 10.6 Å². The standard InChI is InChI=1S/C17H21ClN4O3/c1-12(23)21-5-6-22(11-17(10-21)8-15(24)19-9-17)16(25)20-14-4-2-3-13(18)7-14/h2-4,7H,5-6,8-11H2,1H3,(H,19,24)(H,20,25). The topological polar surface area (TPSA) is 81.8 Å². The minimum atomic E-state index is -0.440. The van der Waals surface area contributed by atoms with E-state index < -0.39 is 5.41 Å². The smallest absolute Gasteiger partial charge is 0.321 e. The molecule has 2 N–H and O–H groups in total. The fraction of sp³-hybridized carbons (Fsp3) is 0.471. The Morgan fingerprint density at radius 2 is 1.96 bits per heavy atom. The minimum absolute atomic E-state index is 0.0411. The normalized spacial score (nSPS) is 23.4. The van der Waals surface area contributed by atoms with Crippen LogP contribution in [0.3, 0.4) is 0 Å². The Morgan fingerprint density at radius 1 is 1.24 bits per heavy atom. The van der Waals surface area contributed by atoms with Crippen molar-refractivity contribution in [2.45, 2.75) is 13.3 Å². The summed E-state index contributed by atoms with van der Waals surface area (Å²) in [6, 6.07) is 6.68. The predicted octanol–water partition coefficient (Wildman–Crippen LogP) is 1.54. The van der Waals surface area contributed by atoms with Crippen molar-refractivity contribution in [2.75, 3.05) is 38.0 Å². The van der Waals surface area contributed by atoms with E-state index >= 15 is 0 Å². The molecule has 0 bridgehead atoms. The third-order valence-corrected chi connectivity index (χ3v) is 4.93. The predicted molar refractivity (Wildman–Crippen MR) is 94.4 cm³/mol. The largest absolute Gasteiger partial charge is 0.355 e. The van der Waals surface area contributed by atoms with E-state index in [0.717, 1.165) is 0 Å². The second-order valence-electron chi connectivity index (χ2n) is 6.76. The summed E-state index contributed by atoms with van der Waals surface area (Å²) in [6.45, 7) is 3.75. The van der Waals surface area contributed by atoms with Gasteiger partial charge in [-0.25, -0.2) is 4.79 Å². The SMILES string of the molecule is CC(=O)N1CCN(C(=O)Nc2cccc(Cl)c2)CC2(CNC(=O)C2)C1. The zero-order valence-corrected chi connectivity index (χ0v) is 14.8. The fourth-order valence-electron chi connectivity index (χ4n) is 3.45. The van der Waals surface area contributed by atoms with E-state index in [1.165, 1.54) is 6.92 Å². The number of carbonyl (C=O) groups excluding carboxylic acids is 3. The van der Waals surface area contributed by atoms with Gasteiger partial charge < -0.3 is 20.4 Å². The van der Waals surface area contributed by atoms with E-state index in [4.69, 9.17) is 11.6 Å². The molecule has 1 atom stereocenters. The highest BCUT2D eigenvalue weighted by Crippen LogP contribution is 2.31. The lowest BCUT2D eigenvalue weighted by Crippen LogP contribution is -2.45. The first-order valence-electron chi connectivity index (χ1n) is 8.21. The monoisotopic (exact) mass is 364 g/mol. The van der Waals surface area contributed by atoms with E-state index in [-0.39, 0.29) is 17.8 Å². The molecule has 3 rings (SSSR count). The Morgan fingerprint density at radius 3 is 2.60 bits per heavy atom. The molecule has 134 valence electrons. The van der Waals surface area contributed by atoms with Gasteiger partial charge in [0.15, 0.2) is 0 Å². The Hall–Kier alpha value is -2.28. The van der Waals surface area contributed by atoms with Crippen molar-refractivity contribution >= 4 is 35.1 Å². The molecule has 1 unspecified atom stereocenters. The molecule has 2 aliphatic heterocycles. The van der Waals surface area contributed by atoms with Crippen molar-refractivity contribution in [3.63, 3.8) is 0 Å². The Bertz CT molecular complexity index is 711. The van der Waals surface area contributed by atoms with Crippen LogP contribution in [0.2, 0.25) is 5.02 Å². The van der Waals surface area contributed by atoms with E-state index in [1.54, 1.807) is 34.1 Å². The third kappa shape index (κ3) is 4.04. The summed E-state index contributed by atoms with van der Waals surface area (Å²) >= 11 is 5.95. The molecule has 2 heterocycles. The zero-order valence-electron chi connectivity index (χ0n) is 14.0. The molecule has 1 spiro atoms. The summed E-state index contributed by atoms with van der Waals surface area (Å²) in [5, 5.41) is 6.21. The van der Waals surface area contributed by atoms with Crippen molar-refractivity contribution in [1.82, 2.24) is 15.1 Å². The summed E-state index contributed by atoms with van der Waals surface area (Å²) in [4.78, 5) is 39.7. The minimum Gasteiger partial charge on any atom is -0.355 e. The van der Waals surface area contributed by atoms with E-state index in [2.05, 4.69) is 10.6 Å². The molecule has 0 radical (unpaired) electrons. The van der Waals surface area contributed by atoms with Crippen LogP contribution in [0, 0.1) is 5.41 Å². The van der Waals surface area contributed by atoms with Crippen LogP contribution in [0.5, 0.6) is 0 Å². The molecule has 1 aromatic rings. The molecule has 2 fully saturated rings. The quantitative estimate of drug-likeness (QED) is 0.793. The van der Waals surface area contributed by atoms with Crippen LogP contribution in [0.4, 0.5) is 10.5 Å². The van der Waals surface area contributed by atoms with Crippen molar-refractivity contribution in [3.05, 3.63) is 29.3 Å². The fourth-order valence-corrected chi connectivity index (χ4v) is 3.64. The number of anilines is 1. The zero-order chi connectivity index (χ0) is 18.0. The van der Waals surface area contributed by atoms with Crippen LogP contribution >= 0.6 is 11.6 Å². The van der Waals surface area contributed by atoms with E-state index in [0.29, 0.717) is 49.9 Å². The summed E-state index contributed by atoms with van der Waals surface area (Å²) in [5.41, 5.74) is 0.171. The lowest BCUT2D eigenvalue weighted by Gasteiger charge is -2.32. The van der Waals surface area contributed by atoms with Crippen molar-refractivity contribution in [1.29, 1.82) is 0 Å². The third-order valence-electron chi connectivity index (χ3n) is 4.70. The summed E-state index contributed by atoms with van der Waals surface area (Å²) in [5.74, 6) is -0.0866. The number of hydrogen-bond donors (Lipinski definition) is 2. The number of halogens is 1. The first-order chi connectivity index (χ1) is 11.9. The molecule has 4 amide bonds. The maximum atomic E-state index is 12.7. The van der Waals surface area contributed by atoms with Gasteiger partial charge in [-0.05, 0) is 18.2 Å². The Kier molecular flexibility index (Phi) is 4.85. The van der Waals surface area contributed by atoms with Crippen molar-refractivity contribution in [3.8, 4) is 0 Å². The number of benzene rings is 1. The maximum absolute atomic E-state index is 12.7. The summed E-state index contributed by atoms with van der Waals surface area (Å²) < 4.78 is 0. The Balaban J connectivity index is 1.77. The van der Waals surface area contributed by atoms with Crippen LogP contribution in [0.15, 0.2) is 24.3 Å². The van der Waals surface area contributed by atoms with Gasteiger partial charge in [-0.2, -0.15) is 0 Å². The molecule has 7 nitrogen and oxygen atoms in total. The molecule has 2 aliphatic rings. The van der Waals surface area contributed by atoms with Crippen molar-refractivity contribution < 1.29 is 14.4 Å². The molecule has 25 heavy (non-hydrogen) atoms. The first-order valence-corrected chi connectivity index (χ1v) is 8.58. The van der Waals surface area contributed by atoms with Gasteiger partial charge in [-0.1, -0.05) is 17.7 Å². The van der Waals surface area contributed by atoms with Gasteiger partial charge in [0.2, 0.25) is 11.8 Å². The second kappa shape index (κ2) is 6.92. The molecular formula is C17H21ClN4O3. The van der Waals surface area contributed by atoms with E-state index in [9.17, 15) is 14.4 Å². The van der Waals surface area contributed by atoms with Crippen LogP contribution in [0.25, 0.3) is 0 Å². The number of urea groups is 1. The van der Waals surface area contributed by atoms with Gasteiger partial charge in [-0.3, -0.25) is 9.59 Å². The molecule has 8 heteroatoms. The molecule has 2 saturated heterocycles. The van der Waals surface area contributed by atoms with Gasteiger partial charge in [0.05, 0.1) is 0 Å². The average molecular weight is 365 g/mol. The average Bonchev–Trinajstić information content (AvgIpc) is 2.78. The van der Waals surface area contributed by atoms with Gasteiger partial charge in [-0.15, -0.1) is 0 Å². The van der Waals surface area contributed by atoms with Gasteiger partial charge in [0, 0.05) is 62.2 Å². The molecule has 1 aromatic carbocycles. The number of nitrogens with one attached hydrogen (secondary N) is 2. The van der Waals surface area contributed by atoms with Gasteiger partial charge >= 0.3 is 6.03 Å². The number of hydrogen-bond acceptors (Lipinski definition) is 3. The second-order valence-corrected chi connectivity index (χ2v) is 7.19. The van der Waals surface area contributed by atoms with Gasteiger partial charge in [0.25, 0.3) is 0 Å². The molecular weight excluding hydrogens is 344 g/mol. The highest BCUT2D eigenvalue weighted by Gasteiger charge is 2.44. The number of nitrogens with zero attached hydrogens (tertiary/aromatic N) is 2. The van der Waals surface area contributed by atoms with Gasteiger partial charge in [0.1, 0.15) is 0 Å². The Labute approximate surface area is 151 Å². The summed E-state index contributed by atoms with van der Waals surface area (Å²) in [6.07, 6.45) is 0.317. The lowest BCUT2D eigenvalue weighted by molar-refractivity contribution is -0.130. The maximum Gasteiger partial charge on any atom is 0.321 e. The highest BCUT2D eigenvalue weighted by atomic mass is 35.5. The molecule has 0 saturated carbocycles. The number of rotatable bonds is 1. The van der Waals surface area contributed by atoms with Crippen LogP contribution in [0.1, 0.15) is 13.3 Å². The molecule has 0 aliphatic carbocycles. The summed E-state index contributed by atoms with van der Waals surface area (Å²) in [7, 11) is 0. The first kappa shape index (κ1) is 17.5. The number of carbonyl (C=O) groups is 3. The highest BCUT2D eigenvalue weighted by molar-refractivity contribution is 6.30.